The molecule has 120 valence electrons. The van der Waals surface area contributed by atoms with Crippen molar-refractivity contribution in [2.45, 2.75) is 32.4 Å². The molecule has 3 amide bonds. The van der Waals surface area contributed by atoms with Gasteiger partial charge in [0.1, 0.15) is 0 Å². The van der Waals surface area contributed by atoms with Gasteiger partial charge in [0.2, 0.25) is 5.91 Å². The van der Waals surface area contributed by atoms with Crippen LogP contribution in [-0.2, 0) is 4.79 Å². The maximum Gasteiger partial charge on any atom is 0.321 e. The molecule has 2 aliphatic heterocycles. The van der Waals surface area contributed by atoms with Gasteiger partial charge in [0, 0.05) is 50.8 Å². The molecule has 0 unspecified atom stereocenters. The lowest BCUT2D eigenvalue weighted by Gasteiger charge is -2.46. The second-order valence-corrected chi connectivity index (χ2v) is 6.89. The molecule has 2 heterocycles. The lowest BCUT2D eigenvalue weighted by Crippen LogP contribution is -2.64. The van der Waals surface area contributed by atoms with Crippen LogP contribution in [0, 0.1) is 0 Å². The highest BCUT2D eigenvalue weighted by atomic mass is 16.2. The Bertz CT molecular complexity index is 381. The number of nitrogens with zero attached hydrogens (tertiary/aromatic N) is 2. The Morgan fingerprint density at radius 2 is 1.81 bits per heavy atom. The van der Waals surface area contributed by atoms with Crippen molar-refractivity contribution in [3.8, 4) is 0 Å². The van der Waals surface area contributed by atoms with E-state index >= 15 is 0 Å². The van der Waals surface area contributed by atoms with E-state index in [0.717, 1.165) is 39.3 Å². The van der Waals surface area contributed by atoms with Gasteiger partial charge >= 0.3 is 6.03 Å². The second-order valence-electron chi connectivity index (χ2n) is 6.89. The molecule has 0 radical (unpaired) electrons. The summed E-state index contributed by atoms with van der Waals surface area (Å²) in [7, 11) is 0. The third-order valence-electron chi connectivity index (χ3n) is 3.71. The Morgan fingerprint density at radius 3 is 2.38 bits per heavy atom. The molecule has 7 nitrogen and oxygen atoms in total. The van der Waals surface area contributed by atoms with Crippen molar-refractivity contribution < 1.29 is 9.59 Å². The summed E-state index contributed by atoms with van der Waals surface area (Å²) in [5, 5.41) is 8.43. The molecule has 0 saturated carbocycles. The molecule has 0 atom stereocenters. The first kappa shape index (κ1) is 16.2. The maximum absolute atomic E-state index is 11.8. The van der Waals surface area contributed by atoms with Crippen LogP contribution in [0.5, 0.6) is 0 Å². The molecule has 2 fully saturated rings. The van der Waals surface area contributed by atoms with Gasteiger partial charge in [-0.05, 0) is 20.8 Å². The van der Waals surface area contributed by atoms with Crippen LogP contribution in [0.3, 0.4) is 0 Å². The van der Waals surface area contributed by atoms with E-state index in [4.69, 9.17) is 0 Å². The molecular weight excluding hydrogens is 270 g/mol. The molecule has 2 rings (SSSR count). The fourth-order valence-electron chi connectivity index (χ4n) is 2.69. The Morgan fingerprint density at radius 1 is 1.19 bits per heavy atom. The smallest absolute Gasteiger partial charge is 0.321 e. The van der Waals surface area contributed by atoms with E-state index in [2.05, 4.69) is 25.8 Å². The fourth-order valence-corrected chi connectivity index (χ4v) is 2.69. The predicted molar refractivity (Wildman–Crippen MR) is 81.1 cm³/mol. The monoisotopic (exact) mass is 297 g/mol. The SMILES string of the molecule is CC(C)(C)NC(=O)NC(=O)CN1CC(N2CCNCC2)C1. The van der Waals surface area contributed by atoms with Crippen molar-refractivity contribution >= 4 is 11.9 Å². The summed E-state index contributed by atoms with van der Waals surface area (Å²) in [4.78, 5) is 27.9. The van der Waals surface area contributed by atoms with Crippen LogP contribution >= 0.6 is 0 Å². The Kier molecular flexibility index (Phi) is 5.18. The average molecular weight is 297 g/mol. The summed E-state index contributed by atoms with van der Waals surface area (Å²) in [6.45, 7) is 12.0. The van der Waals surface area contributed by atoms with Crippen molar-refractivity contribution in [2.75, 3.05) is 45.8 Å². The number of urea groups is 1. The van der Waals surface area contributed by atoms with Gasteiger partial charge in [-0.3, -0.25) is 19.9 Å². The first-order valence-electron chi connectivity index (χ1n) is 7.62. The van der Waals surface area contributed by atoms with Crippen molar-refractivity contribution in [2.24, 2.45) is 0 Å². The number of carbonyl (C=O) groups is 2. The van der Waals surface area contributed by atoms with Crippen LogP contribution in [0.15, 0.2) is 0 Å². The number of hydrogen-bond donors (Lipinski definition) is 3. The van der Waals surface area contributed by atoms with E-state index in [0.29, 0.717) is 12.6 Å². The summed E-state index contributed by atoms with van der Waals surface area (Å²) >= 11 is 0. The number of piperazine rings is 1. The average Bonchev–Trinajstić information content (AvgIpc) is 2.31. The zero-order valence-corrected chi connectivity index (χ0v) is 13.2. The van der Waals surface area contributed by atoms with Gasteiger partial charge in [-0.1, -0.05) is 0 Å². The van der Waals surface area contributed by atoms with Crippen LogP contribution in [0.2, 0.25) is 0 Å². The number of carbonyl (C=O) groups excluding carboxylic acids is 2. The van der Waals surface area contributed by atoms with E-state index in [1.165, 1.54) is 0 Å². The van der Waals surface area contributed by atoms with Gasteiger partial charge in [-0.25, -0.2) is 4.79 Å². The van der Waals surface area contributed by atoms with Crippen molar-refractivity contribution in [1.82, 2.24) is 25.8 Å². The first-order valence-corrected chi connectivity index (χ1v) is 7.62. The molecule has 0 aromatic rings. The molecular formula is C14H27N5O2. The normalized spacial score (nSPS) is 21.7. The van der Waals surface area contributed by atoms with E-state index in [9.17, 15) is 9.59 Å². The molecule has 7 heteroatoms. The Balaban J connectivity index is 1.63. The first-order chi connectivity index (χ1) is 9.83. The second kappa shape index (κ2) is 6.72. The van der Waals surface area contributed by atoms with Crippen molar-refractivity contribution in [1.29, 1.82) is 0 Å². The van der Waals surface area contributed by atoms with E-state index in [1.54, 1.807) is 0 Å². The molecule has 2 saturated heterocycles. The lowest BCUT2D eigenvalue weighted by molar-refractivity contribution is -0.123. The quantitative estimate of drug-likeness (QED) is 0.636. The highest BCUT2D eigenvalue weighted by molar-refractivity contribution is 5.95. The predicted octanol–water partition coefficient (Wildman–Crippen LogP) is -0.800. The minimum atomic E-state index is -0.424. The third-order valence-corrected chi connectivity index (χ3v) is 3.71. The fraction of sp³-hybridized carbons (Fsp3) is 0.857. The highest BCUT2D eigenvalue weighted by Gasteiger charge is 2.33. The van der Waals surface area contributed by atoms with Gasteiger partial charge < -0.3 is 10.6 Å². The molecule has 0 aliphatic carbocycles. The summed E-state index contributed by atoms with van der Waals surface area (Å²) in [5.74, 6) is -0.240. The minimum absolute atomic E-state index is 0.240. The van der Waals surface area contributed by atoms with Gasteiger partial charge in [0.25, 0.3) is 0 Å². The largest absolute Gasteiger partial charge is 0.333 e. The molecule has 3 N–H and O–H groups in total. The number of rotatable bonds is 3. The molecule has 0 aromatic heterocycles. The third kappa shape index (κ3) is 5.26. The zero-order valence-electron chi connectivity index (χ0n) is 13.2. The number of hydrogen-bond acceptors (Lipinski definition) is 5. The molecule has 0 bridgehead atoms. The van der Waals surface area contributed by atoms with Gasteiger partial charge in [-0.2, -0.15) is 0 Å². The van der Waals surface area contributed by atoms with Gasteiger partial charge in [0.05, 0.1) is 6.54 Å². The van der Waals surface area contributed by atoms with E-state index in [1.807, 2.05) is 20.8 Å². The lowest BCUT2D eigenvalue weighted by atomic mass is 10.1. The summed E-state index contributed by atoms with van der Waals surface area (Å²) in [5.41, 5.74) is -0.339. The van der Waals surface area contributed by atoms with E-state index < -0.39 is 6.03 Å². The maximum atomic E-state index is 11.8. The van der Waals surface area contributed by atoms with Crippen LogP contribution in [0.1, 0.15) is 20.8 Å². The topological polar surface area (TPSA) is 76.7 Å². The number of imide groups is 1. The van der Waals surface area contributed by atoms with Gasteiger partial charge in [-0.15, -0.1) is 0 Å². The van der Waals surface area contributed by atoms with Crippen LogP contribution < -0.4 is 16.0 Å². The molecule has 0 spiro atoms. The standard InChI is InChI=1S/C14H27N5O2/c1-14(2,3)17-13(21)16-12(20)10-18-8-11(9-18)19-6-4-15-5-7-19/h11,15H,4-10H2,1-3H3,(H2,16,17,20,21). The van der Waals surface area contributed by atoms with Crippen LogP contribution in [-0.4, -0.2) is 79.1 Å². The molecule has 2 aliphatic rings. The molecule has 0 aromatic carbocycles. The van der Waals surface area contributed by atoms with Crippen molar-refractivity contribution in [3.05, 3.63) is 0 Å². The molecule has 21 heavy (non-hydrogen) atoms. The van der Waals surface area contributed by atoms with E-state index in [-0.39, 0.29) is 11.4 Å². The van der Waals surface area contributed by atoms with Crippen LogP contribution in [0.25, 0.3) is 0 Å². The Hall–Kier alpha value is -1.18. The summed E-state index contributed by atoms with van der Waals surface area (Å²) in [6.07, 6.45) is 0. The number of amides is 3. The number of likely N-dealkylation sites (tertiary alicyclic amines) is 1. The van der Waals surface area contributed by atoms with Gasteiger partial charge in [0.15, 0.2) is 0 Å². The number of nitrogens with one attached hydrogen (secondary N) is 3. The zero-order chi connectivity index (χ0) is 15.5. The minimum Gasteiger partial charge on any atom is -0.333 e. The summed E-state index contributed by atoms with van der Waals surface area (Å²) in [6, 6.07) is 0.134. The Labute approximate surface area is 126 Å². The van der Waals surface area contributed by atoms with Crippen molar-refractivity contribution in [3.63, 3.8) is 0 Å². The van der Waals surface area contributed by atoms with Crippen LogP contribution in [0.4, 0.5) is 4.79 Å². The summed E-state index contributed by atoms with van der Waals surface area (Å²) < 4.78 is 0. The highest BCUT2D eigenvalue weighted by Crippen LogP contribution is 2.14.